The molecule has 0 aromatic carbocycles. The number of halogens is 1. The maximum absolute atomic E-state index is 13.2. The Morgan fingerprint density at radius 3 is 2.03 bits per heavy atom. The van der Waals surface area contributed by atoms with E-state index in [9.17, 15) is 24.6 Å². The van der Waals surface area contributed by atoms with Gasteiger partial charge in [0, 0.05) is 55.3 Å². The second-order valence-corrected chi connectivity index (χ2v) is 9.59. The summed E-state index contributed by atoms with van der Waals surface area (Å²) in [5.74, 6) is -0.915. The molecule has 12 nitrogen and oxygen atoms in total. The maximum atomic E-state index is 13.2. The highest BCUT2D eigenvalue weighted by atomic mass is 127. The molecule has 1 fully saturated rings. The van der Waals surface area contributed by atoms with E-state index in [1.807, 2.05) is 3.11 Å². The van der Waals surface area contributed by atoms with E-state index in [1.54, 1.807) is 4.90 Å². The first-order valence-electron chi connectivity index (χ1n) is 11.8. The van der Waals surface area contributed by atoms with Gasteiger partial charge in [0.15, 0.2) is 0 Å². The van der Waals surface area contributed by atoms with E-state index in [-0.39, 0.29) is 62.8 Å². The van der Waals surface area contributed by atoms with Gasteiger partial charge >= 0.3 is 5.97 Å². The van der Waals surface area contributed by atoms with Crippen molar-refractivity contribution in [3.05, 3.63) is 0 Å². The smallest absolute Gasteiger partial charge is 0.308 e. The van der Waals surface area contributed by atoms with Crippen LogP contribution in [0, 0.1) is 0 Å². The van der Waals surface area contributed by atoms with Crippen LogP contribution in [0.15, 0.2) is 0 Å². The minimum atomic E-state index is -0.754. The molecule has 2 amide bonds. The van der Waals surface area contributed by atoms with Crippen molar-refractivity contribution in [2.75, 3.05) is 59.1 Å². The number of aliphatic hydroxyl groups excluding tert-OH is 2. The van der Waals surface area contributed by atoms with Crippen molar-refractivity contribution < 1.29 is 29.3 Å². The minimum Gasteiger partial charge on any atom is -0.463 e. The van der Waals surface area contributed by atoms with E-state index in [0.717, 1.165) is 6.42 Å². The lowest BCUT2D eigenvalue weighted by Gasteiger charge is -2.35. The van der Waals surface area contributed by atoms with Crippen molar-refractivity contribution in [2.45, 2.75) is 56.7 Å². The zero-order chi connectivity index (χ0) is 25.5. The first kappa shape index (κ1) is 30.9. The fraction of sp³-hybridized carbons (Fsp3) is 0.857. The Kier molecular flexibility index (Phi) is 15.8. The average molecular weight is 600 g/mol. The number of amides is 2. The molecule has 1 aliphatic heterocycles. The van der Waals surface area contributed by atoms with Crippen molar-refractivity contribution in [1.82, 2.24) is 12.9 Å². The first-order valence-corrected chi connectivity index (χ1v) is 12.8. The summed E-state index contributed by atoms with van der Waals surface area (Å²) in [7, 11) is 0. The number of aliphatic hydroxyl groups is 2. The van der Waals surface area contributed by atoms with E-state index in [2.05, 4.69) is 22.9 Å². The zero-order valence-electron chi connectivity index (χ0n) is 19.8. The van der Waals surface area contributed by atoms with Crippen LogP contribution in [0.1, 0.15) is 38.5 Å². The van der Waals surface area contributed by atoms with Gasteiger partial charge in [-0.2, -0.15) is 0 Å². The topological polar surface area (TPSA) is 189 Å². The third kappa shape index (κ3) is 10.3. The normalized spacial score (nSPS) is 17.5. The molecule has 1 heterocycles. The van der Waals surface area contributed by atoms with Crippen LogP contribution < -0.4 is 17.2 Å². The molecule has 0 saturated carbocycles. The van der Waals surface area contributed by atoms with Gasteiger partial charge in [-0.15, -0.1) is 0 Å². The number of hydrogen-bond acceptors (Lipinski definition) is 10. The summed E-state index contributed by atoms with van der Waals surface area (Å²) >= 11 is 2.07. The molecular formula is C21H41IN6O6. The highest BCUT2D eigenvalue weighted by molar-refractivity contribution is 14.1. The van der Waals surface area contributed by atoms with Crippen LogP contribution in [0.3, 0.4) is 0 Å². The number of nitrogens with two attached hydrogens (primary N) is 3. The van der Waals surface area contributed by atoms with Gasteiger partial charge in [-0.25, -0.2) is 3.11 Å². The van der Waals surface area contributed by atoms with Crippen LogP contribution in [-0.4, -0.2) is 118 Å². The number of hydrogen-bond donors (Lipinski definition) is 5. The monoisotopic (exact) mass is 600 g/mol. The number of ether oxygens (including phenoxy) is 1. The fourth-order valence-corrected chi connectivity index (χ4v) is 4.55. The van der Waals surface area contributed by atoms with E-state index in [1.165, 1.54) is 4.90 Å². The van der Waals surface area contributed by atoms with Crippen molar-refractivity contribution in [3.63, 3.8) is 0 Å². The number of nitrogens with zero attached hydrogens (tertiary/aromatic N) is 3. The number of esters is 1. The predicted octanol–water partition coefficient (Wildman–Crippen LogP) is -1.84. The lowest BCUT2D eigenvalue weighted by Crippen LogP contribution is -2.50. The largest absolute Gasteiger partial charge is 0.463 e. The Labute approximate surface area is 215 Å². The summed E-state index contributed by atoms with van der Waals surface area (Å²) in [6, 6.07) is -1.55. The van der Waals surface area contributed by atoms with Crippen LogP contribution in [0.4, 0.5) is 0 Å². The van der Waals surface area contributed by atoms with Gasteiger partial charge in [-0.3, -0.25) is 14.4 Å². The third-order valence-electron chi connectivity index (χ3n) is 5.78. The Bertz CT molecular complexity index is 631. The van der Waals surface area contributed by atoms with E-state index in [4.69, 9.17) is 21.9 Å². The van der Waals surface area contributed by atoms with Crippen LogP contribution in [0.25, 0.3) is 0 Å². The Morgan fingerprint density at radius 1 is 0.941 bits per heavy atom. The Hall–Kier alpha value is -1.10. The number of carbonyl (C=O) groups is 3. The summed E-state index contributed by atoms with van der Waals surface area (Å²) in [5, 5.41) is 19.9. The van der Waals surface area contributed by atoms with Crippen molar-refractivity contribution in [1.29, 1.82) is 0 Å². The predicted molar refractivity (Wildman–Crippen MR) is 136 cm³/mol. The summed E-state index contributed by atoms with van der Waals surface area (Å²) in [4.78, 5) is 41.1. The fourth-order valence-electron chi connectivity index (χ4n) is 3.83. The SMILES string of the molecule is NCCCN(I)C(CO)CC(=O)N(CCCN)C(CO)CC(=O)N(CCCN)C1COC(=O)C1. The molecule has 1 aliphatic rings. The van der Waals surface area contributed by atoms with Gasteiger partial charge in [-0.05, 0) is 38.9 Å². The minimum absolute atomic E-state index is 0.0289. The standard InChI is InChI=1S/C21H41IN6O6/c22-28(9-3-6-25)17(14-30)11-20(32)26(7-1-4-23)16(13-29)10-19(31)27(8-2-5-24)18-12-21(33)34-15-18/h16-18,29-30H,1-15,23-25H2. The van der Waals surface area contributed by atoms with Gasteiger partial charge in [0.25, 0.3) is 0 Å². The number of rotatable bonds is 18. The summed E-state index contributed by atoms with van der Waals surface area (Å²) in [6.45, 7) is 2.01. The lowest BCUT2D eigenvalue weighted by molar-refractivity contribution is -0.141. The van der Waals surface area contributed by atoms with Crippen molar-refractivity contribution >= 4 is 40.6 Å². The molecule has 1 rings (SSSR count). The molecule has 3 atom stereocenters. The van der Waals surface area contributed by atoms with Gasteiger partial charge in [-0.1, -0.05) is 0 Å². The molecule has 0 bridgehead atoms. The molecule has 0 aromatic rings. The molecule has 1 saturated heterocycles. The molecule has 0 aliphatic carbocycles. The van der Waals surface area contributed by atoms with Crippen molar-refractivity contribution in [2.24, 2.45) is 17.2 Å². The Balaban J connectivity index is 2.95. The van der Waals surface area contributed by atoms with E-state index in [0.29, 0.717) is 45.6 Å². The third-order valence-corrected chi connectivity index (χ3v) is 7.05. The van der Waals surface area contributed by atoms with Crippen LogP contribution in [-0.2, 0) is 19.1 Å². The molecule has 13 heteroatoms. The summed E-state index contributed by atoms with van der Waals surface area (Å²) < 4.78 is 6.88. The summed E-state index contributed by atoms with van der Waals surface area (Å²) in [5.41, 5.74) is 16.8. The molecular weight excluding hydrogens is 559 g/mol. The zero-order valence-corrected chi connectivity index (χ0v) is 22.0. The average Bonchev–Trinajstić information content (AvgIpc) is 3.26. The van der Waals surface area contributed by atoms with Crippen LogP contribution >= 0.6 is 22.9 Å². The molecule has 3 unspecified atom stereocenters. The maximum Gasteiger partial charge on any atom is 0.308 e. The van der Waals surface area contributed by atoms with E-state index >= 15 is 0 Å². The molecule has 198 valence electrons. The lowest BCUT2D eigenvalue weighted by atomic mass is 10.1. The second kappa shape index (κ2) is 17.3. The van der Waals surface area contributed by atoms with Gasteiger partial charge < -0.3 is 42.0 Å². The molecule has 0 radical (unpaired) electrons. The number of carbonyl (C=O) groups excluding carboxylic acids is 3. The summed E-state index contributed by atoms with van der Waals surface area (Å²) in [6.07, 6.45) is 1.83. The quantitative estimate of drug-likeness (QED) is 0.0680. The van der Waals surface area contributed by atoms with Crippen LogP contribution in [0.2, 0.25) is 0 Å². The highest BCUT2D eigenvalue weighted by Gasteiger charge is 2.35. The molecule has 8 N–H and O–H groups in total. The van der Waals surface area contributed by atoms with E-state index < -0.39 is 18.7 Å². The molecule has 0 spiro atoms. The number of cyclic esters (lactones) is 1. The second-order valence-electron chi connectivity index (χ2n) is 8.35. The van der Waals surface area contributed by atoms with Gasteiger partial charge in [0.1, 0.15) is 6.61 Å². The van der Waals surface area contributed by atoms with Gasteiger partial charge in [0.2, 0.25) is 11.8 Å². The first-order chi connectivity index (χ1) is 16.3. The highest BCUT2D eigenvalue weighted by Crippen LogP contribution is 2.19. The molecule has 0 aromatic heterocycles. The molecule has 34 heavy (non-hydrogen) atoms. The Morgan fingerprint density at radius 2 is 1.50 bits per heavy atom. The van der Waals surface area contributed by atoms with Crippen LogP contribution in [0.5, 0.6) is 0 Å². The van der Waals surface area contributed by atoms with Gasteiger partial charge in [0.05, 0.1) is 37.8 Å². The van der Waals surface area contributed by atoms with Crippen molar-refractivity contribution in [3.8, 4) is 0 Å².